The van der Waals surface area contributed by atoms with Gasteiger partial charge in [-0.05, 0) is 42.9 Å². The Hall–Kier alpha value is -3.56. The van der Waals surface area contributed by atoms with E-state index in [1.165, 1.54) is 13.2 Å². The van der Waals surface area contributed by atoms with E-state index in [0.717, 1.165) is 19.3 Å². The lowest BCUT2D eigenvalue weighted by atomic mass is 10.1. The molecule has 0 aliphatic carbocycles. The van der Waals surface area contributed by atoms with Crippen LogP contribution in [0.5, 0.6) is 11.5 Å². The predicted octanol–water partition coefficient (Wildman–Crippen LogP) is 3.10. The van der Waals surface area contributed by atoms with Crippen LogP contribution in [0.25, 0.3) is 0 Å². The summed E-state index contributed by atoms with van der Waals surface area (Å²) in [5.74, 6) is -2.22. The maximum Gasteiger partial charge on any atom is 0.413 e. The molecule has 1 atom stereocenters. The van der Waals surface area contributed by atoms with Gasteiger partial charge in [0.2, 0.25) is 5.91 Å². The number of benzene rings is 1. The number of hydrogen-bond donors (Lipinski definition) is 4. The van der Waals surface area contributed by atoms with E-state index in [0.29, 0.717) is 17.9 Å². The van der Waals surface area contributed by atoms with Gasteiger partial charge in [0.1, 0.15) is 6.04 Å². The second-order valence-corrected chi connectivity index (χ2v) is 7.70. The van der Waals surface area contributed by atoms with Gasteiger partial charge >= 0.3 is 18.0 Å². The fraction of sp³-hybridized carbons (Fsp3) is 0.478. The van der Waals surface area contributed by atoms with Gasteiger partial charge in [0.15, 0.2) is 11.5 Å². The van der Waals surface area contributed by atoms with Crippen molar-refractivity contribution < 1.29 is 38.9 Å². The number of hydrogen-bond acceptors (Lipinski definition) is 6. The number of unbranched alkanes of at least 4 members (excludes halogenated alkanes) is 2. The van der Waals surface area contributed by atoms with Crippen LogP contribution in [-0.2, 0) is 20.9 Å². The van der Waals surface area contributed by atoms with Gasteiger partial charge in [0.25, 0.3) is 0 Å². The molecule has 0 aliphatic rings. The number of ether oxygens (including phenoxy) is 2. The first-order valence-corrected chi connectivity index (χ1v) is 10.7. The topological polar surface area (TPSA) is 151 Å². The third-order valence-corrected chi connectivity index (χ3v) is 4.43. The second-order valence-electron chi connectivity index (χ2n) is 7.70. The van der Waals surface area contributed by atoms with E-state index in [2.05, 4.69) is 31.3 Å². The Bertz CT molecular complexity index is 851. The smallest absolute Gasteiger partial charge is 0.413 e. The van der Waals surface area contributed by atoms with E-state index < -0.39 is 30.5 Å². The number of methoxy groups -OCH3 is 1. The summed E-state index contributed by atoms with van der Waals surface area (Å²) in [5.41, 5.74) is 0.710. The molecule has 1 aromatic carbocycles. The summed E-state index contributed by atoms with van der Waals surface area (Å²) in [7, 11) is 1.36. The third kappa shape index (κ3) is 11.6. The summed E-state index contributed by atoms with van der Waals surface area (Å²) < 4.78 is 10.3. The molecule has 0 heterocycles. The molecule has 0 bridgehead atoms. The van der Waals surface area contributed by atoms with Crippen LogP contribution in [0, 0.1) is 5.92 Å². The van der Waals surface area contributed by atoms with Crippen LogP contribution in [0.15, 0.2) is 30.4 Å². The van der Waals surface area contributed by atoms with Gasteiger partial charge in [-0.3, -0.25) is 9.59 Å². The van der Waals surface area contributed by atoms with E-state index in [1.807, 2.05) is 5.32 Å². The maximum absolute atomic E-state index is 12.0. The molecule has 0 aromatic heterocycles. The molecule has 33 heavy (non-hydrogen) atoms. The first-order chi connectivity index (χ1) is 15.6. The molecular formula is C23H32N2O8. The highest BCUT2D eigenvalue weighted by Crippen LogP contribution is 2.28. The SMILES string of the molecule is COc1cc(CNC(=O)CCCC/C=C/C(C)C)ccc1OC(=O)N[C@@H](CC(=O)O)C(=O)O. The first-order valence-electron chi connectivity index (χ1n) is 10.7. The van der Waals surface area contributed by atoms with Crippen molar-refractivity contribution in [2.75, 3.05) is 7.11 Å². The van der Waals surface area contributed by atoms with Crippen LogP contribution in [0.2, 0.25) is 0 Å². The average Bonchev–Trinajstić information content (AvgIpc) is 2.74. The van der Waals surface area contributed by atoms with Crippen molar-refractivity contribution in [3.8, 4) is 11.5 Å². The number of nitrogens with one attached hydrogen (secondary N) is 2. The molecule has 0 fully saturated rings. The van der Waals surface area contributed by atoms with Crippen LogP contribution in [0.4, 0.5) is 4.79 Å². The van der Waals surface area contributed by atoms with Crippen molar-refractivity contribution in [3.63, 3.8) is 0 Å². The lowest BCUT2D eigenvalue weighted by Crippen LogP contribution is -2.43. The highest BCUT2D eigenvalue weighted by atomic mass is 16.6. The van der Waals surface area contributed by atoms with Crippen LogP contribution < -0.4 is 20.1 Å². The Morgan fingerprint density at radius 3 is 2.42 bits per heavy atom. The molecule has 2 amide bonds. The second kappa shape index (κ2) is 14.5. The van der Waals surface area contributed by atoms with E-state index in [9.17, 15) is 19.2 Å². The number of carboxylic acids is 2. The molecule has 4 N–H and O–H groups in total. The Balaban J connectivity index is 2.55. The van der Waals surface area contributed by atoms with E-state index in [-0.39, 0.29) is 24.0 Å². The van der Waals surface area contributed by atoms with Crippen molar-refractivity contribution in [1.29, 1.82) is 0 Å². The highest BCUT2D eigenvalue weighted by Gasteiger charge is 2.24. The van der Waals surface area contributed by atoms with Gasteiger partial charge in [-0.25, -0.2) is 9.59 Å². The number of carbonyl (C=O) groups is 4. The summed E-state index contributed by atoms with van der Waals surface area (Å²) in [5, 5.41) is 22.5. The number of carboxylic acid groups (broad SMARTS) is 2. The quantitative estimate of drug-likeness (QED) is 0.242. The number of carbonyl (C=O) groups excluding carboxylic acids is 2. The van der Waals surface area contributed by atoms with Crippen LogP contribution >= 0.6 is 0 Å². The zero-order valence-electron chi connectivity index (χ0n) is 19.1. The van der Waals surface area contributed by atoms with Crippen LogP contribution in [0.3, 0.4) is 0 Å². The Labute approximate surface area is 193 Å². The zero-order chi connectivity index (χ0) is 24.8. The summed E-state index contributed by atoms with van der Waals surface area (Å²) in [6, 6.07) is 3.00. The summed E-state index contributed by atoms with van der Waals surface area (Å²) >= 11 is 0. The summed E-state index contributed by atoms with van der Waals surface area (Å²) in [6.07, 6.45) is 5.45. The number of amides is 2. The van der Waals surface area contributed by atoms with Gasteiger partial charge < -0.3 is 30.3 Å². The van der Waals surface area contributed by atoms with E-state index in [1.54, 1.807) is 12.1 Å². The Morgan fingerprint density at radius 1 is 1.09 bits per heavy atom. The largest absolute Gasteiger partial charge is 0.493 e. The maximum atomic E-state index is 12.0. The third-order valence-electron chi connectivity index (χ3n) is 4.43. The zero-order valence-corrected chi connectivity index (χ0v) is 19.1. The van der Waals surface area contributed by atoms with Crippen molar-refractivity contribution in [3.05, 3.63) is 35.9 Å². The van der Waals surface area contributed by atoms with Gasteiger partial charge in [-0.15, -0.1) is 0 Å². The first kappa shape index (κ1) is 27.5. The van der Waals surface area contributed by atoms with Crippen LogP contribution in [-0.4, -0.2) is 47.3 Å². The minimum Gasteiger partial charge on any atom is -0.493 e. The molecule has 0 saturated heterocycles. The van der Waals surface area contributed by atoms with Gasteiger partial charge in [0, 0.05) is 13.0 Å². The van der Waals surface area contributed by atoms with Crippen LogP contribution in [0.1, 0.15) is 51.5 Å². The minimum atomic E-state index is -1.64. The summed E-state index contributed by atoms with van der Waals surface area (Å²) in [6.45, 7) is 4.49. The Morgan fingerprint density at radius 2 is 1.82 bits per heavy atom. The lowest BCUT2D eigenvalue weighted by Gasteiger charge is -2.14. The fourth-order valence-corrected chi connectivity index (χ4v) is 2.76. The molecule has 1 aromatic rings. The molecule has 10 nitrogen and oxygen atoms in total. The molecule has 0 unspecified atom stereocenters. The predicted molar refractivity (Wildman–Crippen MR) is 120 cm³/mol. The standard InChI is InChI=1S/C23H32N2O8/c1-15(2)8-6-4-5-7-9-20(26)24-14-16-10-11-18(19(12-16)32-3)33-23(31)25-17(22(29)30)13-21(27)28/h6,8,10-12,15,17H,4-5,7,9,13-14H2,1-3H3,(H,24,26)(H,25,31)(H,27,28)(H,29,30)/b8-6+/t17-/m0/s1. The van der Waals surface area contributed by atoms with E-state index in [4.69, 9.17) is 19.7 Å². The molecule has 0 radical (unpaired) electrons. The van der Waals surface area contributed by atoms with Crippen molar-refractivity contribution in [2.45, 2.75) is 58.5 Å². The highest BCUT2D eigenvalue weighted by molar-refractivity contribution is 5.85. The van der Waals surface area contributed by atoms with Gasteiger partial charge in [0.05, 0.1) is 13.5 Å². The molecule has 1 rings (SSSR count). The van der Waals surface area contributed by atoms with Crippen molar-refractivity contribution in [2.24, 2.45) is 5.92 Å². The normalized spacial score (nSPS) is 11.8. The van der Waals surface area contributed by atoms with Crippen molar-refractivity contribution in [1.82, 2.24) is 10.6 Å². The Kier molecular flexibility index (Phi) is 12.1. The number of rotatable bonds is 14. The molecule has 0 spiro atoms. The van der Waals surface area contributed by atoms with Gasteiger partial charge in [-0.1, -0.05) is 32.1 Å². The number of aliphatic carboxylic acids is 2. The minimum absolute atomic E-state index is 0.0130. The monoisotopic (exact) mass is 464 g/mol. The van der Waals surface area contributed by atoms with E-state index >= 15 is 0 Å². The molecule has 0 aliphatic heterocycles. The molecule has 182 valence electrons. The average molecular weight is 465 g/mol. The lowest BCUT2D eigenvalue weighted by molar-refractivity contribution is -0.145. The summed E-state index contributed by atoms with van der Waals surface area (Å²) in [4.78, 5) is 45.8. The van der Waals surface area contributed by atoms with Gasteiger partial charge in [-0.2, -0.15) is 0 Å². The van der Waals surface area contributed by atoms with Crippen molar-refractivity contribution >= 4 is 23.9 Å². The molecule has 0 saturated carbocycles. The fourth-order valence-electron chi connectivity index (χ4n) is 2.76. The molecule has 10 heteroatoms. The number of allylic oxidation sites excluding steroid dienone is 2. The molecular weight excluding hydrogens is 432 g/mol.